The summed E-state index contributed by atoms with van der Waals surface area (Å²) in [5.41, 5.74) is 0.787. The summed E-state index contributed by atoms with van der Waals surface area (Å²) < 4.78 is 4.79. The maximum atomic E-state index is 11.7. The Balaban J connectivity index is 3.02. The van der Waals surface area contributed by atoms with Crippen LogP contribution in [0.25, 0.3) is 0 Å². The van der Waals surface area contributed by atoms with Crippen molar-refractivity contribution < 1.29 is 14.5 Å². The van der Waals surface area contributed by atoms with E-state index in [0.29, 0.717) is 6.42 Å². The molecule has 0 fully saturated rings. The van der Waals surface area contributed by atoms with Crippen molar-refractivity contribution in [1.29, 1.82) is 0 Å². The Labute approximate surface area is 106 Å². The van der Waals surface area contributed by atoms with E-state index in [2.05, 4.69) is 0 Å². The van der Waals surface area contributed by atoms with E-state index in [1.165, 1.54) is 0 Å². The van der Waals surface area contributed by atoms with Gasteiger partial charge in [-0.2, -0.15) is 0 Å². The lowest BCUT2D eigenvalue weighted by Crippen LogP contribution is -2.37. The van der Waals surface area contributed by atoms with Crippen molar-refractivity contribution in [2.24, 2.45) is 0 Å². The van der Waals surface area contributed by atoms with Crippen LogP contribution in [0.15, 0.2) is 30.3 Å². The van der Waals surface area contributed by atoms with Crippen molar-refractivity contribution in [2.75, 3.05) is 6.61 Å². The molecule has 0 N–H and O–H groups in total. The molecule has 0 aromatic heterocycles. The number of hydrogen-bond acceptors (Lipinski definition) is 4. The molecular formula is C13H17NO4. The fraction of sp³-hybridized carbons (Fsp3) is 0.462. The van der Waals surface area contributed by atoms with E-state index >= 15 is 0 Å². The molecule has 0 bridgehead atoms. The normalized spacial score (nSPS) is 13.7. The SMILES string of the molecule is CCOC(=O)C(C(CC)c1ccccc1)[N+](=O)[O-]. The summed E-state index contributed by atoms with van der Waals surface area (Å²) in [6, 6.07) is 7.70. The zero-order chi connectivity index (χ0) is 13.5. The van der Waals surface area contributed by atoms with Crippen LogP contribution >= 0.6 is 0 Å². The molecule has 2 unspecified atom stereocenters. The average molecular weight is 251 g/mol. The lowest BCUT2D eigenvalue weighted by molar-refractivity contribution is -0.514. The fourth-order valence-corrected chi connectivity index (χ4v) is 1.97. The molecule has 18 heavy (non-hydrogen) atoms. The monoisotopic (exact) mass is 251 g/mol. The first kappa shape index (κ1) is 14.2. The third-order valence-electron chi connectivity index (χ3n) is 2.80. The Bertz CT molecular complexity index is 405. The predicted molar refractivity (Wildman–Crippen MR) is 66.9 cm³/mol. The Kier molecular flexibility index (Phi) is 5.30. The van der Waals surface area contributed by atoms with Crippen LogP contribution in [0.2, 0.25) is 0 Å². The highest BCUT2D eigenvalue weighted by molar-refractivity contribution is 5.75. The lowest BCUT2D eigenvalue weighted by atomic mass is 9.89. The van der Waals surface area contributed by atoms with Gasteiger partial charge in [-0.05, 0) is 18.9 Å². The number of nitrogens with zero attached hydrogens (tertiary/aromatic N) is 1. The summed E-state index contributed by atoms with van der Waals surface area (Å²) in [5.74, 6) is -1.22. The smallest absolute Gasteiger partial charge is 0.382 e. The molecule has 0 aliphatic rings. The maximum Gasteiger partial charge on any atom is 0.382 e. The molecule has 1 rings (SSSR count). The second kappa shape index (κ2) is 6.74. The third-order valence-corrected chi connectivity index (χ3v) is 2.80. The second-order valence-corrected chi connectivity index (χ2v) is 3.91. The lowest BCUT2D eigenvalue weighted by Gasteiger charge is -2.18. The van der Waals surface area contributed by atoms with Crippen molar-refractivity contribution in [3.8, 4) is 0 Å². The summed E-state index contributed by atoms with van der Waals surface area (Å²) in [6.07, 6.45) is 0.508. The topological polar surface area (TPSA) is 69.4 Å². The minimum absolute atomic E-state index is 0.147. The molecule has 98 valence electrons. The zero-order valence-corrected chi connectivity index (χ0v) is 10.5. The molecule has 1 aromatic carbocycles. The zero-order valence-electron chi connectivity index (χ0n) is 10.5. The molecule has 5 nitrogen and oxygen atoms in total. The molecule has 0 radical (unpaired) electrons. The largest absolute Gasteiger partial charge is 0.461 e. The summed E-state index contributed by atoms with van der Waals surface area (Å²) in [7, 11) is 0. The first-order valence-electron chi connectivity index (χ1n) is 5.96. The van der Waals surface area contributed by atoms with Crippen LogP contribution in [0.5, 0.6) is 0 Å². The number of nitro groups is 1. The minimum atomic E-state index is -1.34. The highest BCUT2D eigenvalue weighted by atomic mass is 16.6. The van der Waals surface area contributed by atoms with Crippen molar-refractivity contribution in [3.05, 3.63) is 46.0 Å². The van der Waals surface area contributed by atoms with Crippen LogP contribution in [-0.4, -0.2) is 23.5 Å². The number of rotatable bonds is 6. The Morgan fingerprint density at radius 1 is 1.33 bits per heavy atom. The highest BCUT2D eigenvalue weighted by Crippen LogP contribution is 2.25. The van der Waals surface area contributed by atoms with E-state index in [4.69, 9.17) is 4.74 Å². The van der Waals surface area contributed by atoms with Gasteiger partial charge in [0.25, 0.3) is 0 Å². The average Bonchev–Trinajstić information content (AvgIpc) is 2.36. The van der Waals surface area contributed by atoms with E-state index in [1.807, 2.05) is 13.0 Å². The summed E-state index contributed by atoms with van der Waals surface area (Å²) in [4.78, 5) is 22.2. The molecule has 0 spiro atoms. The van der Waals surface area contributed by atoms with Crippen LogP contribution in [0.4, 0.5) is 0 Å². The third kappa shape index (κ3) is 3.29. The van der Waals surface area contributed by atoms with Crippen molar-refractivity contribution >= 4 is 5.97 Å². The van der Waals surface area contributed by atoms with E-state index in [0.717, 1.165) is 5.56 Å². The molecule has 0 heterocycles. The van der Waals surface area contributed by atoms with Crippen molar-refractivity contribution in [1.82, 2.24) is 0 Å². The summed E-state index contributed by atoms with van der Waals surface area (Å²) in [5, 5.41) is 11.1. The second-order valence-electron chi connectivity index (χ2n) is 3.91. The molecule has 0 aliphatic carbocycles. The predicted octanol–water partition coefficient (Wildman–Crippen LogP) is 2.39. The van der Waals surface area contributed by atoms with E-state index in [1.54, 1.807) is 31.2 Å². The molecule has 0 saturated heterocycles. The Hall–Kier alpha value is -1.91. The minimum Gasteiger partial charge on any atom is -0.461 e. The molecule has 0 amide bonds. The van der Waals surface area contributed by atoms with Crippen molar-refractivity contribution in [3.63, 3.8) is 0 Å². The summed E-state index contributed by atoms with van der Waals surface area (Å²) >= 11 is 0. The standard InChI is InChI=1S/C13H17NO4/c1-3-11(10-8-6-5-7-9-10)12(14(16)17)13(15)18-4-2/h5-9,11-12H,3-4H2,1-2H3. The number of esters is 1. The van der Waals surface area contributed by atoms with Gasteiger partial charge in [0.1, 0.15) is 0 Å². The molecule has 0 aliphatic heterocycles. The van der Waals surface area contributed by atoms with Gasteiger partial charge in [-0.1, -0.05) is 37.3 Å². The van der Waals surface area contributed by atoms with Gasteiger partial charge in [0.05, 0.1) is 12.5 Å². The van der Waals surface area contributed by atoms with Gasteiger partial charge in [0.2, 0.25) is 0 Å². The van der Waals surface area contributed by atoms with Crippen LogP contribution in [0, 0.1) is 10.1 Å². The van der Waals surface area contributed by atoms with E-state index in [-0.39, 0.29) is 6.61 Å². The molecule has 1 aromatic rings. The molecule has 0 saturated carbocycles. The van der Waals surface area contributed by atoms with Gasteiger partial charge in [0, 0.05) is 4.92 Å². The fourth-order valence-electron chi connectivity index (χ4n) is 1.97. The number of carbonyl (C=O) groups excluding carboxylic acids is 1. The van der Waals surface area contributed by atoms with Crippen LogP contribution in [0.1, 0.15) is 31.7 Å². The highest BCUT2D eigenvalue weighted by Gasteiger charge is 2.39. The number of hydrogen-bond donors (Lipinski definition) is 0. The number of carbonyl (C=O) groups is 1. The first-order valence-corrected chi connectivity index (χ1v) is 5.96. The summed E-state index contributed by atoms with van der Waals surface area (Å²) in [6.45, 7) is 3.61. The molecule has 2 atom stereocenters. The van der Waals surface area contributed by atoms with Crippen molar-refractivity contribution in [2.45, 2.75) is 32.2 Å². The van der Waals surface area contributed by atoms with E-state index < -0.39 is 22.9 Å². The number of ether oxygens (including phenoxy) is 1. The Morgan fingerprint density at radius 2 is 1.94 bits per heavy atom. The van der Waals surface area contributed by atoms with Gasteiger partial charge in [-0.25, -0.2) is 4.79 Å². The number of benzene rings is 1. The van der Waals surface area contributed by atoms with E-state index in [9.17, 15) is 14.9 Å². The molecule has 5 heteroatoms. The van der Waals surface area contributed by atoms with Gasteiger partial charge < -0.3 is 4.74 Å². The van der Waals surface area contributed by atoms with Gasteiger partial charge in [-0.15, -0.1) is 0 Å². The van der Waals surface area contributed by atoms with Crippen LogP contribution in [-0.2, 0) is 9.53 Å². The maximum absolute atomic E-state index is 11.7. The first-order chi connectivity index (χ1) is 8.61. The van der Waals surface area contributed by atoms with Crippen LogP contribution < -0.4 is 0 Å². The Morgan fingerprint density at radius 3 is 2.39 bits per heavy atom. The quantitative estimate of drug-likeness (QED) is 0.442. The van der Waals surface area contributed by atoms with Gasteiger partial charge in [0.15, 0.2) is 0 Å². The van der Waals surface area contributed by atoms with Gasteiger partial charge in [-0.3, -0.25) is 10.1 Å². The van der Waals surface area contributed by atoms with Gasteiger partial charge >= 0.3 is 12.0 Å². The molecular weight excluding hydrogens is 234 g/mol. The van der Waals surface area contributed by atoms with Crippen LogP contribution in [0.3, 0.4) is 0 Å².